The molecule has 1 aromatic carbocycles. The van der Waals surface area contributed by atoms with Crippen molar-refractivity contribution in [1.29, 1.82) is 0 Å². The Kier molecular flexibility index (Phi) is 5.43. The summed E-state index contributed by atoms with van der Waals surface area (Å²) >= 11 is 0. The Balaban J connectivity index is 1.66. The summed E-state index contributed by atoms with van der Waals surface area (Å²) < 4.78 is 38.6. The summed E-state index contributed by atoms with van der Waals surface area (Å²) in [5.41, 5.74) is 0.882. The number of halogens is 3. The maximum atomic E-state index is 12.9. The maximum absolute atomic E-state index is 12.9. The number of likely N-dealkylation sites (tertiary alicyclic amines) is 1. The number of aromatic nitrogens is 2. The minimum Gasteiger partial charge on any atom is -0.324 e. The molecule has 5 nitrogen and oxygen atoms in total. The number of carbonyl (C=O) groups excluding carboxylic acids is 1. The molecule has 0 spiro atoms. The van der Waals surface area contributed by atoms with E-state index in [1.807, 2.05) is 6.92 Å². The van der Waals surface area contributed by atoms with Crippen LogP contribution in [0.1, 0.15) is 24.5 Å². The lowest BCUT2D eigenvalue weighted by Gasteiger charge is -2.33. The third-order valence-corrected chi connectivity index (χ3v) is 4.46. The van der Waals surface area contributed by atoms with Crippen LogP contribution in [0.25, 0.3) is 6.08 Å². The van der Waals surface area contributed by atoms with Crippen LogP contribution < -0.4 is 5.32 Å². The molecule has 1 aliphatic heterocycles. The van der Waals surface area contributed by atoms with Crippen molar-refractivity contribution in [3.05, 3.63) is 59.3 Å². The first kappa shape index (κ1) is 18.9. The van der Waals surface area contributed by atoms with Gasteiger partial charge in [0.05, 0.1) is 5.56 Å². The fourth-order valence-electron chi connectivity index (χ4n) is 3.02. The third-order valence-electron chi connectivity index (χ3n) is 4.46. The van der Waals surface area contributed by atoms with Crippen molar-refractivity contribution in [2.24, 2.45) is 5.92 Å². The summed E-state index contributed by atoms with van der Waals surface area (Å²) in [4.78, 5) is 14.0. The molecule has 2 amide bonds. The summed E-state index contributed by atoms with van der Waals surface area (Å²) in [5, 5.41) is 10.2. The minimum atomic E-state index is -4.36. The Labute approximate surface area is 154 Å². The smallest absolute Gasteiger partial charge is 0.324 e. The second kappa shape index (κ2) is 7.77. The fourth-order valence-corrected chi connectivity index (χ4v) is 3.02. The number of carbonyl (C=O) groups is 1. The van der Waals surface area contributed by atoms with E-state index in [4.69, 9.17) is 0 Å². The molecule has 2 heterocycles. The van der Waals surface area contributed by atoms with Gasteiger partial charge in [0.25, 0.3) is 0 Å². The van der Waals surface area contributed by atoms with Crippen LogP contribution in [0.4, 0.5) is 23.8 Å². The topological polar surface area (TPSA) is 58.1 Å². The van der Waals surface area contributed by atoms with E-state index in [0.29, 0.717) is 30.9 Å². The molecule has 0 bridgehead atoms. The molecule has 0 aliphatic carbocycles. The SMILES string of the molecule is CC1CN(C(=O)Nc2cccnn2)CCC1=Cc1cccc(C(F)(F)F)c1. The molecule has 2 aromatic rings. The van der Waals surface area contributed by atoms with Crippen LogP contribution in [0, 0.1) is 5.92 Å². The highest BCUT2D eigenvalue weighted by molar-refractivity contribution is 5.88. The van der Waals surface area contributed by atoms with Gasteiger partial charge in [-0.1, -0.05) is 30.7 Å². The van der Waals surface area contributed by atoms with E-state index in [2.05, 4.69) is 15.5 Å². The van der Waals surface area contributed by atoms with E-state index in [9.17, 15) is 18.0 Å². The number of amides is 2. The molecule has 1 aromatic heterocycles. The van der Waals surface area contributed by atoms with Crippen molar-refractivity contribution in [1.82, 2.24) is 15.1 Å². The van der Waals surface area contributed by atoms with Crippen molar-refractivity contribution in [2.45, 2.75) is 19.5 Å². The van der Waals surface area contributed by atoms with Gasteiger partial charge in [0.2, 0.25) is 0 Å². The van der Waals surface area contributed by atoms with Crippen molar-refractivity contribution >= 4 is 17.9 Å². The van der Waals surface area contributed by atoms with E-state index in [1.54, 1.807) is 29.2 Å². The summed E-state index contributed by atoms with van der Waals surface area (Å²) in [6.45, 7) is 2.93. The van der Waals surface area contributed by atoms with Crippen LogP contribution in [0.15, 0.2) is 48.2 Å². The molecule has 1 atom stereocenters. The number of alkyl halides is 3. The zero-order valence-electron chi connectivity index (χ0n) is 14.7. The Hall–Kier alpha value is -2.90. The number of anilines is 1. The van der Waals surface area contributed by atoms with E-state index >= 15 is 0 Å². The lowest BCUT2D eigenvalue weighted by molar-refractivity contribution is -0.137. The van der Waals surface area contributed by atoms with Crippen LogP contribution in [0.3, 0.4) is 0 Å². The van der Waals surface area contributed by atoms with Crippen molar-refractivity contribution in [3.8, 4) is 0 Å². The van der Waals surface area contributed by atoms with E-state index < -0.39 is 11.7 Å². The zero-order valence-corrected chi connectivity index (χ0v) is 14.7. The van der Waals surface area contributed by atoms with E-state index in [1.165, 1.54) is 12.3 Å². The second-order valence-corrected chi connectivity index (χ2v) is 6.48. The minimum absolute atomic E-state index is 0.0425. The highest BCUT2D eigenvalue weighted by Crippen LogP contribution is 2.31. The van der Waals surface area contributed by atoms with E-state index in [-0.39, 0.29) is 11.9 Å². The zero-order chi connectivity index (χ0) is 19.4. The molecule has 142 valence electrons. The number of piperidine rings is 1. The lowest BCUT2D eigenvalue weighted by atomic mass is 9.91. The average molecular weight is 376 g/mol. The Bertz CT molecular complexity index is 836. The van der Waals surface area contributed by atoms with E-state index in [0.717, 1.165) is 17.7 Å². The summed E-state index contributed by atoms with van der Waals surface area (Å²) in [7, 11) is 0. The summed E-state index contributed by atoms with van der Waals surface area (Å²) in [5.74, 6) is 0.418. The monoisotopic (exact) mass is 376 g/mol. The number of hydrogen-bond acceptors (Lipinski definition) is 3. The molecule has 1 aliphatic rings. The molecule has 0 saturated carbocycles. The highest BCUT2D eigenvalue weighted by atomic mass is 19.4. The molecule has 1 unspecified atom stereocenters. The molecule has 8 heteroatoms. The largest absolute Gasteiger partial charge is 0.416 e. The number of rotatable bonds is 2. The van der Waals surface area contributed by atoms with Gasteiger partial charge in [-0.15, -0.1) is 5.10 Å². The first-order chi connectivity index (χ1) is 12.8. The number of hydrogen-bond donors (Lipinski definition) is 1. The first-order valence-corrected chi connectivity index (χ1v) is 8.54. The second-order valence-electron chi connectivity index (χ2n) is 6.48. The van der Waals surface area contributed by atoms with Crippen LogP contribution in [-0.2, 0) is 6.18 Å². The van der Waals surface area contributed by atoms with Gasteiger partial charge in [0.1, 0.15) is 0 Å². The molecule has 27 heavy (non-hydrogen) atoms. The predicted octanol–water partition coefficient (Wildman–Crippen LogP) is 4.45. The van der Waals surface area contributed by atoms with Gasteiger partial charge in [0.15, 0.2) is 5.82 Å². The normalized spacial score (nSPS) is 19.2. The van der Waals surface area contributed by atoms with Crippen LogP contribution in [0.5, 0.6) is 0 Å². The molecule has 3 rings (SSSR count). The van der Waals surface area contributed by atoms with Gasteiger partial charge in [-0.25, -0.2) is 4.79 Å². The maximum Gasteiger partial charge on any atom is 0.416 e. The van der Waals surface area contributed by atoms with Crippen LogP contribution in [0.2, 0.25) is 0 Å². The molecule has 1 saturated heterocycles. The number of nitrogens with zero attached hydrogens (tertiary/aromatic N) is 3. The summed E-state index contributed by atoms with van der Waals surface area (Å²) in [6.07, 6.45) is -0.450. The Morgan fingerprint density at radius 3 is 2.78 bits per heavy atom. The van der Waals surface area contributed by atoms with Crippen molar-refractivity contribution < 1.29 is 18.0 Å². The van der Waals surface area contributed by atoms with Gasteiger partial charge >= 0.3 is 12.2 Å². The van der Waals surface area contributed by atoms with Gasteiger partial charge in [-0.2, -0.15) is 18.3 Å². The van der Waals surface area contributed by atoms with Crippen LogP contribution >= 0.6 is 0 Å². The van der Waals surface area contributed by atoms with Crippen molar-refractivity contribution in [2.75, 3.05) is 18.4 Å². The summed E-state index contributed by atoms with van der Waals surface area (Å²) in [6, 6.07) is 8.33. The quantitative estimate of drug-likeness (QED) is 0.842. The first-order valence-electron chi connectivity index (χ1n) is 8.54. The number of nitrogens with one attached hydrogen (secondary N) is 1. The van der Waals surface area contributed by atoms with Crippen molar-refractivity contribution in [3.63, 3.8) is 0 Å². The van der Waals surface area contributed by atoms with Gasteiger partial charge in [0, 0.05) is 19.3 Å². The third kappa shape index (κ3) is 4.84. The number of urea groups is 1. The predicted molar refractivity (Wildman–Crippen MR) is 95.8 cm³/mol. The molecule has 0 radical (unpaired) electrons. The average Bonchev–Trinajstić information content (AvgIpc) is 2.64. The molecule has 1 fully saturated rings. The highest BCUT2D eigenvalue weighted by Gasteiger charge is 2.30. The van der Waals surface area contributed by atoms with Gasteiger partial charge in [-0.3, -0.25) is 5.32 Å². The number of benzene rings is 1. The van der Waals surface area contributed by atoms with Gasteiger partial charge < -0.3 is 4.90 Å². The Morgan fingerprint density at radius 1 is 1.30 bits per heavy atom. The Morgan fingerprint density at radius 2 is 2.11 bits per heavy atom. The fraction of sp³-hybridized carbons (Fsp3) is 0.316. The van der Waals surface area contributed by atoms with Crippen LogP contribution in [-0.4, -0.2) is 34.2 Å². The van der Waals surface area contributed by atoms with Gasteiger partial charge in [-0.05, 0) is 42.2 Å². The molecule has 1 N–H and O–H groups in total. The lowest BCUT2D eigenvalue weighted by Crippen LogP contribution is -2.42. The molecular formula is C19H19F3N4O. The molecular weight excluding hydrogens is 357 g/mol. The standard InChI is InChI=1S/C19H19F3N4O/c1-13-12-26(18(27)24-17-6-3-8-23-25-17)9-7-15(13)10-14-4-2-5-16(11-14)19(20,21)22/h2-6,8,10-11,13H,7,9,12H2,1H3,(H,24,25,27).